The molecule has 5 heteroatoms. The molecule has 0 fully saturated rings. The van der Waals surface area contributed by atoms with Crippen LogP contribution in [0.2, 0.25) is 0 Å². The molecule has 0 rings (SSSR count). The lowest BCUT2D eigenvalue weighted by Crippen LogP contribution is -2.50. The number of hydrogen-bond acceptors (Lipinski definition) is 4. The summed E-state index contributed by atoms with van der Waals surface area (Å²) in [7, 11) is 0. The first-order valence-electron chi connectivity index (χ1n) is 24.4. The molecule has 4 N–H and O–H groups in total. The van der Waals surface area contributed by atoms with Crippen LogP contribution in [0.25, 0.3) is 0 Å². The monoisotopic (exact) mass is 786 g/mol. The van der Waals surface area contributed by atoms with Crippen LogP contribution in [0.1, 0.15) is 245 Å². The van der Waals surface area contributed by atoms with Crippen molar-refractivity contribution in [1.29, 1.82) is 0 Å². The van der Waals surface area contributed by atoms with Gasteiger partial charge in [0.1, 0.15) is 6.10 Å². The molecule has 0 heterocycles. The SMILES string of the molecule is CCCCC/C=C\C=C/CCCCCCCCCCCCC(=O)NC(CO)C(O)C(O)CCC/C=C/CC/C=C/CCCCCCCCCCCCCCCC. The van der Waals surface area contributed by atoms with Crippen molar-refractivity contribution in [3.05, 3.63) is 48.6 Å². The van der Waals surface area contributed by atoms with E-state index in [0.717, 1.165) is 44.9 Å². The molecule has 328 valence electrons. The van der Waals surface area contributed by atoms with E-state index in [9.17, 15) is 20.1 Å². The van der Waals surface area contributed by atoms with E-state index in [0.29, 0.717) is 12.8 Å². The average molecular weight is 786 g/mol. The Balaban J connectivity index is 3.67. The van der Waals surface area contributed by atoms with Crippen molar-refractivity contribution >= 4 is 5.91 Å². The Morgan fingerprint density at radius 2 is 0.786 bits per heavy atom. The second kappa shape index (κ2) is 46.0. The molecule has 0 spiro atoms. The fraction of sp³-hybridized carbons (Fsp3) is 0.824. The van der Waals surface area contributed by atoms with Gasteiger partial charge in [0.2, 0.25) is 5.91 Å². The number of carbonyl (C=O) groups is 1. The van der Waals surface area contributed by atoms with Gasteiger partial charge in [0, 0.05) is 6.42 Å². The molecule has 1 amide bonds. The number of allylic oxidation sites excluding steroid dienone is 8. The molecule has 0 aliphatic carbocycles. The molecule has 0 aromatic carbocycles. The van der Waals surface area contributed by atoms with Crippen LogP contribution in [-0.2, 0) is 4.79 Å². The third-order valence-electron chi connectivity index (χ3n) is 11.2. The molecule has 3 atom stereocenters. The normalized spacial score (nSPS) is 13.9. The first kappa shape index (κ1) is 54.3. The highest BCUT2D eigenvalue weighted by Gasteiger charge is 2.26. The predicted molar refractivity (Wildman–Crippen MR) is 245 cm³/mol. The van der Waals surface area contributed by atoms with E-state index in [1.807, 2.05) is 0 Å². The van der Waals surface area contributed by atoms with Gasteiger partial charge >= 0.3 is 0 Å². The minimum Gasteiger partial charge on any atom is -0.394 e. The number of nitrogens with one attached hydrogen (secondary N) is 1. The maximum atomic E-state index is 12.5. The predicted octanol–water partition coefficient (Wildman–Crippen LogP) is 14.5. The van der Waals surface area contributed by atoms with Crippen LogP contribution in [0.3, 0.4) is 0 Å². The molecule has 56 heavy (non-hydrogen) atoms. The van der Waals surface area contributed by atoms with E-state index in [-0.39, 0.29) is 12.5 Å². The number of amides is 1. The summed E-state index contributed by atoms with van der Waals surface area (Å²) in [4.78, 5) is 12.5. The Labute approximate surface area is 348 Å². The van der Waals surface area contributed by atoms with E-state index >= 15 is 0 Å². The van der Waals surface area contributed by atoms with Gasteiger partial charge in [-0.2, -0.15) is 0 Å². The number of unbranched alkanes of at least 4 members (excludes halogenated alkanes) is 29. The van der Waals surface area contributed by atoms with Crippen LogP contribution in [-0.4, -0.2) is 46.1 Å². The second-order valence-corrected chi connectivity index (χ2v) is 16.7. The van der Waals surface area contributed by atoms with Gasteiger partial charge < -0.3 is 20.6 Å². The Kier molecular flexibility index (Phi) is 44.6. The molecule has 5 nitrogen and oxygen atoms in total. The van der Waals surface area contributed by atoms with Gasteiger partial charge in [0.15, 0.2) is 0 Å². The summed E-state index contributed by atoms with van der Waals surface area (Å²) in [6, 6.07) is -0.836. The van der Waals surface area contributed by atoms with Crippen LogP contribution < -0.4 is 5.32 Å². The molecule has 0 aliphatic rings. The molecule has 0 aromatic heterocycles. The first-order valence-corrected chi connectivity index (χ1v) is 24.4. The van der Waals surface area contributed by atoms with Crippen LogP contribution >= 0.6 is 0 Å². The largest absolute Gasteiger partial charge is 0.394 e. The van der Waals surface area contributed by atoms with Gasteiger partial charge in [-0.1, -0.05) is 210 Å². The quantitative estimate of drug-likeness (QED) is 0.0281. The third kappa shape index (κ3) is 40.5. The molecule has 3 unspecified atom stereocenters. The van der Waals surface area contributed by atoms with Crippen LogP contribution in [0.5, 0.6) is 0 Å². The van der Waals surface area contributed by atoms with E-state index in [1.165, 1.54) is 173 Å². The summed E-state index contributed by atoms with van der Waals surface area (Å²) < 4.78 is 0. The Hall–Kier alpha value is -1.69. The maximum Gasteiger partial charge on any atom is 0.220 e. The standard InChI is InChI=1S/C51H95NO4/c1-3-5-7-9-11-13-15-17-19-21-23-24-25-26-28-29-31-33-35-37-39-41-43-45-49(54)51(56)48(47-53)52-50(55)46-44-42-40-38-36-34-32-30-27-22-20-18-16-14-12-10-8-6-4-2/h12,14,16,18,29,31,37,39,48-49,51,53-54,56H,3-11,13,15,17,19-28,30,32-36,38,40-47H2,1-2H3,(H,52,55)/b14-12-,18-16-,31-29+,39-37+. The lowest BCUT2D eigenvalue weighted by atomic mass is 10.0. The molecular formula is C51H95NO4. The molecular weight excluding hydrogens is 691 g/mol. The Morgan fingerprint density at radius 1 is 0.446 bits per heavy atom. The number of aliphatic hydroxyl groups excluding tert-OH is 3. The van der Waals surface area contributed by atoms with Crippen LogP contribution in [0.15, 0.2) is 48.6 Å². The highest BCUT2D eigenvalue weighted by molar-refractivity contribution is 5.76. The summed E-state index contributed by atoms with van der Waals surface area (Å²) in [5.74, 6) is -0.162. The second-order valence-electron chi connectivity index (χ2n) is 16.7. The number of aliphatic hydroxyl groups is 3. The van der Waals surface area contributed by atoms with Crippen molar-refractivity contribution in [3.63, 3.8) is 0 Å². The molecule has 0 saturated carbocycles. The zero-order chi connectivity index (χ0) is 40.8. The van der Waals surface area contributed by atoms with Crippen molar-refractivity contribution in [1.82, 2.24) is 5.32 Å². The molecule has 0 bridgehead atoms. The fourth-order valence-corrected chi connectivity index (χ4v) is 7.35. The summed E-state index contributed by atoms with van der Waals surface area (Å²) in [6.45, 7) is 4.15. The smallest absolute Gasteiger partial charge is 0.220 e. The lowest BCUT2D eigenvalue weighted by molar-refractivity contribution is -0.124. The summed E-state index contributed by atoms with van der Waals surface area (Å²) in [6.07, 6.45) is 59.5. The summed E-state index contributed by atoms with van der Waals surface area (Å²) in [5, 5.41) is 33.6. The average Bonchev–Trinajstić information content (AvgIpc) is 3.20. The third-order valence-corrected chi connectivity index (χ3v) is 11.2. The Bertz CT molecular complexity index is 912. The van der Waals surface area contributed by atoms with Crippen molar-refractivity contribution in [3.8, 4) is 0 Å². The highest BCUT2D eigenvalue weighted by Crippen LogP contribution is 2.15. The van der Waals surface area contributed by atoms with E-state index in [2.05, 4.69) is 67.8 Å². The van der Waals surface area contributed by atoms with Crippen LogP contribution in [0, 0.1) is 0 Å². The van der Waals surface area contributed by atoms with E-state index in [4.69, 9.17) is 0 Å². The van der Waals surface area contributed by atoms with Crippen LogP contribution in [0.4, 0.5) is 0 Å². The minimum absolute atomic E-state index is 0.162. The molecule has 0 aromatic rings. The van der Waals surface area contributed by atoms with Gasteiger partial charge in [-0.15, -0.1) is 0 Å². The summed E-state index contributed by atoms with van der Waals surface area (Å²) in [5.41, 5.74) is 0. The van der Waals surface area contributed by atoms with E-state index in [1.54, 1.807) is 0 Å². The molecule has 0 saturated heterocycles. The van der Waals surface area contributed by atoms with E-state index < -0.39 is 18.2 Å². The van der Waals surface area contributed by atoms with Crippen molar-refractivity contribution in [2.24, 2.45) is 0 Å². The van der Waals surface area contributed by atoms with Gasteiger partial charge in [-0.3, -0.25) is 4.79 Å². The van der Waals surface area contributed by atoms with Gasteiger partial charge in [0.05, 0.1) is 18.8 Å². The fourth-order valence-electron chi connectivity index (χ4n) is 7.35. The zero-order valence-electron chi connectivity index (χ0n) is 37.3. The van der Waals surface area contributed by atoms with Gasteiger partial charge in [-0.25, -0.2) is 0 Å². The van der Waals surface area contributed by atoms with Gasteiger partial charge in [-0.05, 0) is 77.0 Å². The van der Waals surface area contributed by atoms with Crippen molar-refractivity contribution in [2.45, 2.75) is 263 Å². The number of hydrogen-bond donors (Lipinski definition) is 4. The number of carbonyl (C=O) groups excluding carboxylic acids is 1. The highest BCUT2D eigenvalue weighted by atomic mass is 16.3. The first-order chi connectivity index (χ1) is 27.6. The van der Waals surface area contributed by atoms with Crippen molar-refractivity contribution < 1.29 is 20.1 Å². The maximum absolute atomic E-state index is 12.5. The Morgan fingerprint density at radius 3 is 1.23 bits per heavy atom. The molecule has 0 radical (unpaired) electrons. The lowest BCUT2D eigenvalue weighted by Gasteiger charge is -2.26. The topological polar surface area (TPSA) is 89.8 Å². The number of rotatable bonds is 44. The van der Waals surface area contributed by atoms with Gasteiger partial charge in [0.25, 0.3) is 0 Å². The minimum atomic E-state index is -1.17. The van der Waals surface area contributed by atoms with Crippen molar-refractivity contribution in [2.75, 3.05) is 6.61 Å². The zero-order valence-corrected chi connectivity index (χ0v) is 37.3. The summed E-state index contributed by atoms with van der Waals surface area (Å²) >= 11 is 0. The molecule has 0 aliphatic heterocycles.